The van der Waals surface area contributed by atoms with Gasteiger partial charge in [-0.15, -0.1) is 0 Å². The van der Waals surface area contributed by atoms with Gasteiger partial charge in [0.25, 0.3) is 0 Å². The molecule has 1 N–H and O–H groups in total. The zero-order valence-corrected chi connectivity index (χ0v) is 12.6. The molecule has 0 radical (unpaired) electrons. The molecule has 0 aromatic heterocycles. The topological polar surface area (TPSA) is 57.2 Å². The van der Waals surface area contributed by atoms with Crippen LogP contribution in [0.5, 0.6) is 0 Å². The minimum absolute atomic E-state index is 0.305. The highest BCUT2D eigenvalue weighted by Gasteiger charge is 2.56. The van der Waals surface area contributed by atoms with E-state index in [9.17, 15) is 5.11 Å². The maximum atomic E-state index is 9.86. The van der Waals surface area contributed by atoms with Crippen molar-refractivity contribution in [2.45, 2.75) is 63.9 Å². The first-order valence-electron chi connectivity index (χ1n) is 7.31. The smallest absolute Gasteiger partial charge is 0.187 e. The van der Waals surface area contributed by atoms with Gasteiger partial charge >= 0.3 is 0 Å². The Morgan fingerprint density at radius 2 is 1.86 bits per heavy atom. The van der Waals surface area contributed by atoms with Crippen molar-refractivity contribution in [3.63, 3.8) is 0 Å². The normalized spacial score (nSPS) is 35.6. The second-order valence-electron chi connectivity index (χ2n) is 6.07. The molecule has 0 amide bonds. The number of rotatable bonds is 4. The molecule has 2 unspecified atom stereocenters. The molecule has 5 atom stereocenters. The van der Waals surface area contributed by atoms with Gasteiger partial charge in [0.1, 0.15) is 18.3 Å². The molecular weight excluding hydrogens is 272 g/mol. The summed E-state index contributed by atoms with van der Waals surface area (Å²) in [7, 11) is 0. The van der Waals surface area contributed by atoms with Crippen molar-refractivity contribution >= 4 is 0 Å². The third kappa shape index (κ3) is 3.12. The molecule has 0 spiro atoms. The second-order valence-corrected chi connectivity index (χ2v) is 6.07. The Balaban J connectivity index is 1.68. The summed E-state index contributed by atoms with van der Waals surface area (Å²) in [5.41, 5.74) is 1.07. The van der Waals surface area contributed by atoms with Crippen LogP contribution in [0.2, 0.25) is 0 Å². The minimum atomic E-state index is -0.680. The van der Waals surface area contributed by atoms with Crippen LogP contribution in [-0.4, -0.2) is 41.6 Å². The Morgan fingerprint density at radius 1 is 1.19 bits per heavy atom. The number of hydrogen-bond donors (Lipinski definition) is 1. The second kappa shape index (κ2) is 5.66. The predicted molar refractivity (Wildman–Crippen MR) is 75.4 cm³/mol. The number of aliphatic hydroxyl groups is 1. The molecule has 3 rings (SSSR count). The lowest BCUT2D eigenvalue weighted by molar-refractivity contribution is -0.244. The number of hydrogen-bond acceptors (Lipinski definition) is 5. The largest absolute Gasteiger partial charge is 0.391 e. The van der Waals surface area contributed by atoms with Crippen LogP contribution >= 0.6 is 0 Å². The van der Waals surface area contributed by atoms with Gasteiger partial charge in [-0.1, -0.05) is 30.3 Å². The summed E-state index contributed by atoms with van der Waals surface area (Å²) < 4.78 is 23.3. The summed E-state index contributed by atoms with van der Waals surface area (Å²) in [5, 5.41) is 9.86. The van der Waals surface area contributed by atoms with Crippen molar-refractivity contribution in [3.8, 4) is 0 Å². The lowest BCUT2D eigenvalue weighted by Crippen LogP contribution is -2.36. The van der Waals surface area contributed by atoms with Gasteiger partial charge in [-0.25, -0.2) is 0 Å². The minimum Gasteiger partial charge on any atom is -0.391 e. The third-order valence-corrected chi connectivity index (χ3v) is 3.78. The molecule has 116 valence electrons. The molecule has 2 saturated heterocycles. The van der Waals surface area contributed by atoms with E-state index in [1.54, 1.807) is 6.92 Å². The van der Waals surface area contributed by atoms with E-state index in [1.807, 2.05) is 44.2 Å². The Kier molecular flexibility index (Phi) is 4.03. The lowest BCUT2D eigenvalue weighted by Gasteiger charge is -2.25. The average molecular weight is 294 g/mol. The molecule has 0 saturated carbocycles. The SMILES string of the molecule is C[C@H](O)[C@H]1O[C@H](OCc2ccccc2)C2OC(C)(C)OC21. The summed E-state index contributed by atoms with van der Waals surface area (Å²) in [6.07, 6.45) is -2.22. The van der Waals surface area contributed by atoms with Crippen molar-refractivity contribution in [2.75, 3.05) is 0 Å². The lowest BCUT2D eigenvalue weighted by atomic mass is 10.1. The summed E-state index contributed by atoms with van der Waals surface area (Å²) in [6, 6.07) is 9.89. The Labute approximate surface area is 124 Å². The van der Waals surface area contributed by atoms with Crippen molar-refractivity contribution in [3.05, 3.63) is 35.9 Å². The van der Waals surface area contributed by atoms with Crippen LogP contribution in [0.15, 0.2) is 30.3 Å². The third-order valence-electron chi connectivity index (χ3n) is 3.78. The van der Waals surface area contributed by atoms with Gasteiger partial charge in [-0.2, -0.15) is 0 Å². The molecule has 2 heterocycles. The molecule has 2 aliphatic heterocycles. The van der Waals surface area contributed by atoms with E-state index in [0.29, 0.717) is 6.61 Å². The quantitative estimate of drug-likeness (QED) is 0.918. The molecule has 0 bridgehead atoms. The molecule has 5 heteroatoms. The van der Waals surface area contributed by atoms with Crippen molar-refractivity contribution in [1.82, 2.24) is 0 Å². The Bertz CT molecular complexity index is 473. The van der Waals surface area contributed by atoms with E-state index in [2.05, 4.69) is 0 Å². The maximum absolute atomic E-state index is 9.86. The summed E-state index contributed by atoms with van der Waals surface area (Å²) >= 11 is 0. The van der Waals surface area contributed by atoms with Gasteiger partial charge < -0.3 is 24.1 Å². The molecule has 5 nitrogen and oxygen atoms in total. The standard InChI is InChI=1S/C16H22O5/c1-10(17)12-13-14(21-16(2,3)20-13)15(19-12)18-9-11-7-5-4-6-8-11/h4-8,10,12-15,17H,9H2,1-3H3/t10-,12+,13?,14?,15-/m0/s1. The summed E-state index contributed by atoms with van der Waals surface area (Å²) in [6.45, 7) is 5.85. The first-order chi connectivity index (χ1) is 9.96. The molecule has 21 heavy (non-hydrogen) atoms. The monoisotopic (exact) mass is 294 g/mol. The van der Waals surface area contributed by atoms with Crippen LogP contribution < -0.4 is 0 Å². The first kappa shape index (κ1) is 14.9. The zero-order chi connectivity index (χ0) is 15.0. The molecule has 1 aromatic carbocycles. The van der Waals surface area contributed by atoms with Crippen LogP contribution in [0.4, 0.5) is 0 Å². The number of ether oxygens (including phenoxy) is 4. The molecule has 1 aromatic rings. The highest BCUT2D eigenvalue weighted by Crippen LogP contribution is 2.40. The number of aliphatic hydroxyl groups excluding tert-OH is 1. The molecule has 0 aliphatic carbocycles. The van der Waals surface area contributed by atoms with Gasteiger partial charge in [0.15, 0.2) is 12.1 Å². The van der Waals surface area contributed by atoms with E-state index in [0.717, 1.165) is 5.56 Å². The van der Waals surface area contributed by atoms with Crippen LogP contribution in [0.3, 0.4) is 0 Å². The molecule has 2 fully saturated rings. The van der Waals surface area contributed by atoms with Crippen LogP contribution in [-0.2, 0) is 25.6 Å². The van der Waals surface area contributed by atoms with Gasteiger partial charge in [0.2, 0.25) is 0 Å². The van der Waals surface area contributed by atoms with E-state index in [-0.39, 0.29) is 12.2 Å². The van der Waals surface area contributed by atoms with Gasteiger partial charge in [-0.05, 0) is 26.3 Å². The Morgan fingerprint density at radius 3 is 2.52 bits per heavy atom. The van der Waals surface area contributed by atoms with E-state index in [1.165, 1.54) is 0 Å². The van der Waals surface area contributed by atoms with Gasteiger partial charge in [0, 0.05) is 0 Å². The van der Waals surface area contributed by atoms with Gasteiger partial charge in [0.05, 0.1) is 12.7 Å². The van der Waals surface area contributed by atoms with Crippen LogP contribution in [0.25, 0.3) is 0 Å². The van der Waals surface area contributed by atoms with Crippen LogP contribution in [0.1, 0.15) is 26.3 Å². The number of fused-ring (bicyclic) bond motifs is 1. The fraction of sp³-hybridized carbons (Fsp3) is 0.625. The van der Waals surface area contributed by atoms with Gasteiger partial charge in [-0.3, -0.25) is 0 Å². The number of benzene rings is 1. The van der Waals surface area contributed by atoms with E-state index in [4.69, 9.17) is 18.9 Å². The fourth-order valence-electron chi connectivity index (χ4n) is 2.87. The predicted octanol–water partition coefficient (Wildman–Crippen LogP) is 1.83. The van der Waals surface area contributed by atoms with Crippen molar-refractivity contribution in [1.29, 1.82) is 0 Å². The van der Waals surface area contributed by atoms with Crippen molar-refractivity contribution in [2.24, 2.45) is 0 Å². The molecule has 2 aliphatic rings. The highest BCUT2D eigenvalue weighted by molar-refractivity contribution is 5.13. The fourth-order valence-corrected chi connectivity index (χ4v) is 2.87. The highest BCUT2D eigenvalue weighted by atomic mass is 16.8. The van der Waals surface area contributed by atoms with E-state index >= 15 is 0 Å². The molecular formula is C16H22O5. The average Bonchev–Trinajstić information content (AvgIpc) is 2.91. The maximum Gasteiger partial charge on any atom is 0.187 e. The van der Waals surface area contributed by atoms with Crippen molar-refractivity contribution < 1.29 is 24.1 Å². The summed E-state index contributed by atoms with van der Waals surface area (Å²) in [5.74, 6) is -0.680. The zero-order valence-electron chi connectivity index (χ0n) is 12.6. The Hall–Kier alpha value is -0.980. The summed E-state index contributed by atoms with van der Waals surface area (Å²) in [4.78, 5) is 0. The first-order valence-corrected chi connectivity index (χ1v) is 7.31. The van der Waals surface area contributed by atoms with Crippen LogP contribution in [0, 0.1) is 0 Å². The van der Waals surface area contributed by atoms with E-state index < -0.39 is 24.3 Å².